The number of fused-ring (bicyclic) bond motifs is 3. The molecular formula is C20H30O3. The van der Waals surface area contributed by atoms with Gasteiger partial charge in [0.15, 0.2) is 0 Å². The zero-order chi connectivity index (χ0) is 17.2. The van der Waals surface area contributed by atoms with Crippen LogP contribution in [0.25, 0.3) is 0 Å². The summed E-state index contributed by atoms with van der Waals surface area (Å²) in [4.78, 5) is 0. The van der Waals surface area contributed by atoms with Gasteiger partial charge in [0.2, 0.25) is 0 Å². The summed E-state index contributed by atoms with van der Waals surface area (Å²) in [6.07, 6.45) is 1.52. The summed E-state index contributed by atoms with van der Waals surface area (Å²) in [7, 11) is 0. The molecule has 1 aromatic carbocycles. The fourth-order valence-corrected chi connectivity index (χ4v) is 5.42. The van der Waals surface area contributed by atoms with Crippen LogP contribution in [-0.4, -0.2) is 21.4 Å². The Labute approximate surface area is 139 Å². The molecule has 0 aromatic heterocycles. The largest absolute Gasteiger partial charge is 0.508 e. The van der Waals surface area contributed by atoms with Crippen molar-refractivity contribution in [3.63, 3.8) is 0 Å². The molecule has 2 aliphatic carbocycles. The van der Waals surface area contributed by atoms with Gasteiger partial charge in [-0.3, -0.25) is 0 Å². The average Bonchev–Trinajstić information content (AvgIpc) is 2.43. The number of aliphatic hydroxyl groups is 2. The highest BCUT2D eigenvalue weighted by Gasteiger charge is 2.56. The van der Waals surface area contributed by atoms with Gasteiger partial charge in [-0.25, -0.2) is 0 Å². The average molecular weight is 318 g/mol. The molecule has 0 amide bonds. The molecule has 128 valence electrons. The highest BCUT2D eigenvalue weighted by atomic mass is 16.3. The van der Waals surface area contributed by atoms with Crippen molar-refractivity contribution in [3.05, 3.63) is 28.8 Å². The molecule has 0 heterocycles. The number of rotatable bonds is 1. The maximum absolute atomic E-state index is 10.9. The minimum Gasteiger partial charge on any atom is -0.508 e. The molecule has 1 fully saturated rings. The second-order valence-electron chi connectivity index (χ2n) is 8.83. The van der Waals surface area contributed by atoms with E-state index in [1.807, 2.05) is 26.0 Å². The predicted octanol–water partition coefficient (Wildman–Crippen LogP) is 4.01. The Morgan fingerprint density at radius 2 is 1.74 bits per heavy atom. The first-order valence-electron chi connectivity index (χ1n) is 8.83. The maximum Gasteiger partial charge on any atom is 0.119 e. The summed E-state index contributed by atoms with van der Waals surface area (Å²) < 4.78 is 0. The molecule has 1 aromatic rings. The van der Waals surface area contributed by atoms with E-state index >= 15 is 0 Å². The first-order valence-corrected chi connectivity index (χ1v) is 8.83. The van der Waals surface area contributed by atoms with E-state index in [2.05, 4.69) is 20.8 Å². The van der Waals surface area contributed by atoms with E-state index in [1.54, 1.807) is 0 Å². The highest BCUT2D eigenvalue weighted by molar-refractivity contribution is 5.50. The molecule has 0 unspecified atom stereocenters. The Bertz CT molecular complexity index is 620. The first kappa shape index (κ1) is 16.8. The molecule has 3 heteroatoms. The zero-order valence-electron chi connectivity index (χ0n) is 14.9. The SMILES string of the molecule is CC(C)c1cc2c(cc1O)[C@@]1(C)CCCC(C)(C)[C@@H]1[C@@H](O)[C@H]2O. The van der Waals surface area contributed by atoms with Crippen molar-refractivity contribution in [2.45, 2.75) is 77.4 Å². The Balaban J connectivity index is 2.24. The lowest BCUT2D eigenvalue weighted by molar-refractivity contribution is -0.113. The Morgan fingerprint density at radius 3 is 2.35 bits per heavy atom. The molecule has 4 atom stereocenters. The van der Waals surface area contributed by atoms with E-state index in [-0.39, 0.29) is 22.7 Å². The van der Waals surface area contributed by atoms with Gasteiger partial charge < -0.3 is 15.3 Å². The second-order valence-corrected chi connectivity index (χ2v) is 8.83. The molecule has 3 rings (SSSR count). The molecule has 0 saturated heterocycles. The van der Waals surface area contributed by atoms with E-state index in [1.165, 1.54) is 0 Å². The van der Waals surface area contributed by atoms with E-state index in [9.17, 15) is 15.3 Å². The van der Waals surface area contributed by atoms with Crippen LogP contribution in [0.1, 0.15) is 82.6 Å². The molecule has 0 spiro atoms. The van der Waals surface area contributed by atoms with Gasteiger partial charge in [-0.2, -0.15) is 0 Å². The highest BCUT2D eigenvalue weighted by Crippen LogP contribution is 2.59. The molecule has 3 nitrogen and oxygen atoms in total. The molecule has 23 heavy (non-hydrogen) atoms. The minimum absolute atomic E-state index is 0.00412. The molecule has 3 N–H and O–H groups in total. The van der Waals surface area contributed by atoms with E-state index < -0.39 is 12.2 Å². The summed E-state index contributed by atoms with van der Waals surface area (Å²) in [5, 5.41) is 32.2. The quantitative estimate of drug-likeness (QED) is 0.733. The van der Waals surface area contributed by atoms with Crippen molar-refractivity contribution in [1.29, 1.82) is 0 Å². The zero-order valence-corrected chi connectivity index (χ0v) is 14.9. The van der Waals surface area contributed by atoms with Crippen LogP contribution in [0.3, 0.4) is 0 Å². The number of aromatic hydroxyl groups is 1. The Kier molecular flexibility index (Phi) is 3.81. The first-order chi connectivity index (χ1) is 10.6. The van der Waals surface area contributed by atoms with Gasteiger partial charge in [-0.15, -0.1) is 0 Å². The van der Waals surface area contributed by atoms with E-state index in [0.717, 1.165) is 36.0 Å². The minimum atomic E-state index is -0.876. The van der Waals surface area contributed by atoms with Gasteiger partial charge in [0.25, 0.3) is 0 Å². The third kappa shape index (κ3) is 2.32. The summed E-state index contributed by atoms with van der Waals surface area (Å²) >= 11 is 0. The van der Waals surface area contributed by atoms with Crippen LogP contribution >= 0.6 is 0 Å². The van der Waals surface area contributed by atoms with Crippen molar-refractivity contribution >= 4 is 0 Å². The number of phenolic OH excluding ortho intramolecular Hbond substituents is 1. The van der Waals surface area contributed by atoms with Crippen molar-refractivity contribution < 1.29 is 15.3 Å². The number of benzene rings is 1. The van der Waals surface area contributed by atoms with Crippen LogP contribution in [0.15, 0.2) is 12.1 Å². The van der Waals surface area contributed by atoms with Crippen LogP contribution in [0.4, 0.5) is 0 Å². The molecule has 1 saturated carbocycles. The van der Waals surface area contributed by atoms with Gasteiger partial charge in [-0.1, -0.05) is 41.0 Å². The number of hydrogen-bond acceptors (Lipinski definition) is 3. The molecular weight excluding hydrogens is 288 g/mol. The van der Waals surface area contributed by atoms with Gasteiger partial charge in [-0.05, 0) is 58.4 Å². The summed E-state index contributed by atoms with van der Waals surface area (Å²) in [5.41, 5.74) is 2.43. The standard InChI is InChI=1S/C20H30O3/c1-11(2)12-9-13-14(10-15(12)21)20(5)8-6-7-19(3,4)18(20)17(23)16(13)22/h9-11,16-18,21-23H,6-8H2,1-5H3/t16-,17-,18-,20+/m0/s1. The summed E-state index contributed by atoms with van der Waals surface area (Å²) in [6, 6.07) is 3.76. The molecule has 0 bridgehead atoms. The molecule has 0 radical (unpaired) electrons. The normalized spacial score (nSPS) is 35.7. The van der Waals surface area contributed by atoms with Crippen molar-refractivity contribution in [1.82, 2.24) is 0 Å². The van der Waals surface area contributed by atoms with Crippen LogP contribution in [0.2, 0.25) is 0 Å². The lowest BCUT2D eigenvalue weighted by Gasteiger charge is -2.57. The maximum atomic E-state index is 10.9. The number of hydrogen-bond donors (Lipinski definition) is 3. The van der Waals surface area contributed by atoms with Crippen LogP contribution in [0.5, 0.6) is 5.75 Å². The number of aliphatic hydroxyl groups excluding tert-OH is 2. The topological polar surface area (TPSA) is 60.7 Å². The molecule has 2 aliphatic rings. The smallest absolute Gasteiger partial charge is 0.119 e. The summed E-state index contributed by atoms with van der Waals surface area (Å²) in [6.45, 7) is 10.6. The Morgan fingerprint density at radius 1 is 1.09 bits per heavy atom. The fourth-order valence-electron chi connectivity index (χ4n) is 5.42. The Hall–Kier alpha value is -1.06. The lowest BCUT2D eigenvalue weighted by atomic mass is 9.49. The third-order valence-corrected chi connectivity index (χ3v) is 6.47. The van der Waals surface area contributed by atoms with Gasteiger partial charge >= 0.3 is 0 Å². The fraction of sp³-hybridized carbons (Fsp3) is 0.700. The van der Waals surface area contributed by atoms with Crippen LogP contribution in [0, 0.1) is 11.3 Å². The number of phenols is 1. The third-order valence-electron chi connectivity index (χ3n) is 6.47. The van der Waals surface area contributed by atoms with E-state index in [4.69, 9.17) is 0 Å². The van der Waals surface area contributed by atoms with E-state index in [0.29, 0.717) is 5.75 Å². The van der Waals surface area contributed by atoms with Crippen molar-refractivity contribution in [2.24, 2.45) is 11.3 Å². The lowest BCUT2D eigenvalue weighted by Crippen LogP contribution is -2.55. The van der Waals surface area contributed by atoms with Gasteiger partial charge in [0.1, 0.15) is 11.9 Å². The summed E-state index contributed by atoms with van der Waals surface area (Å²) in [5.74, 6) is 0.485. The van der Waals surface area contributed by atoms with Crippen molar-refractivity contribution in [3.8, 4) is 5.75 Å². The van der Waals surface area contributed by atoms with Crippen LogP contribution < -0.4 is 0 Å². The van der Waals surface area contributed by atoms with Gasteiger partial charge in [0.05, 0.1) is 6.10 Å². The monoisotopic (exact) mass is 318 g/mol. The predicted molar refractivity (Wildman–Crippen MR) is 91.6 cm³/mol. The second kappa shape index (κ2) is 5.22. The van der Waals surface area contributed by atoms with Crippen molar-refractivity contribution in [2.75, 3.05) is 0 Å². The van der Waals surface area contributed by atoms with Gasteiger partial charge in [0, 0.05) is 5.92 Å². The van der Waals surface area contributed by atoms with Crippen LogP contribution in [-0.2, 0) is 5.41 Å². The molecule has 0 aliphatic heterocycles.